The zero-order valence-electron chi connectivity index (χ0n) is 8.24. The van der Waals surface area contributed by atoms with Gasteiger partial charge in [0.1, 0.15) is 6.61 Å². The molecule has 2 N–H and O–H groups in total. The second-order valence-electron chi connectivity index (χ2n) is 3.42. The van der Waals surface area contributed by atoms with Gasteiger partial charge in [0, 0.05) is 17.1 Å². The van der Waals surface area contributed by atoms with Crippen LogP contribution in [0.25, 0.3) is 11.0 Å². The van der Waals surface area contributed by atoms with Crippen molar-refractivity contribution in [2.24, 2.45) is 5.73 Å². The molecule has 2 rings (SSSR count). The minimum absolute atomic E-state index is 0.0379. The van der Waals surface area contributed by atoms with Crippen LogP contribution in [-0.4, -0.2) is 17.8 Å². The van der Waals surface area contributed by atoms with E-state index in [2.05, 4.69) is 5.16 Å². The molecule has 1 atom stereocenters. The second-order valence-corrected chi connectivity index (χ2v) is 3.85. The highest BCUT2D eigenvalue weighted by molar-refractivity contribution is 6.31. The number of nitrogens with two attached hydrogens (primary N) is 1. The van der Waals surface area contributed by atoms with Crippen molar-refractivity contribution >= 4 is 22.6 Å². The summed E-state index contributed by atoms with van der Waals surface area (Å²) in [5.41, 5.74) is 6.19. The zero-order valence-corrected chi connectivity index (χ0v) is 8.99. The van der Waals surface area contributed by atoms with Crippen molar-refractivity contribution in [3.05, 3.63) is 23.2 Å². The first-order chi connectivity index (χ1) is 7.16. The minimum atomic E-state index is -0.0379. The van der Waals surface area contributed by atoms with E-state index in [1.165, 1.54) is 0 Å². The Kier molecular flexibility index (Phi) is 2.79. The third-order valence-electron chi connectivity index (χ3n) is 1.88. The van der Waals surface area contributed by atoms with Gasteiger partial charge in [-0.1, -0.05) is 11.6 Å². The zero-order chi connectivity index (χ0) is 10.8. The van der Waals surface area contributed by atoms with Gasteiger partial charge < -0.3 is 15.0 Å². The van der Waals surface area contributed by atoms with E-state index in [9.17, 15) is 0 Å². The molecule has 1 aromatic heterocycles. The monoisotopic (exact) mass is 226 g/mol. The molecule has 4 nitrogen and oxygen atoms in total. The number of fused-ring (bicyclic) bond motifs is 1. The van der Waals surface area contributed by atoms with Gasteiger partial charge in [-0.15, -0.1) is 0 Å². The van der Waals surface area contributed by atoms with E-state index in [1.807, 2.05) is 13.0 Å². The number of hydrogen-bond acceptors (Lipinski definition) is 4. The Labute approximate surface area is 91.9 Å². The fourth-order valence-corrected chi connectivity index (χ4v) is 1.36. The lowest BCUT2D eigenvalue weighted by Crippen LogP contribution is -2.23. The molecule has 1 aromatic carbocycles. The second kappa shape index (κ2) is 4.08. The topological polar surface area (TPSA) is 61.3 Å². The molecule has 15 heavy (non-hydrogen) atoms. The summed E-state index contributed by atoms with van der Waals surface area (Å²) in [6.07, 6.45) is 0. The van der Waals surface area contributed by atoms with Gasteiger partial charge in [0.25, 0.3) is 5.88 Å². The van der Waals surface area contributed by atoms with E-state index >= 15 is 0 Å². The lowest BCUT2D eigenvalue weighted by molar-refractivity contribution is 0.268. The van der Waals surface area contributed by atoms with Crippen LogP contribution in [0.2, 0.25) is 5.02 Å². The van der Waals surface area contributed by atoms with Crippen LogP contribution in [0.4, 0.5) is 0 Å². The molecular formula is C10H11ClN2O2. The van der Waals surface area contributed by atoms with Crippen molar-refractivity contribution in [1.29, 1.82) is 0 Å². The van der Waals surface area contributed by atoms with E-state index in [4.69, 9.17) is 26.6 Å². The molecule has 0 radical (unpaired) electrons. The fraction of sp³-hybridized carbons (Fsp3) is 0.300. The van der Waals surface area contributed by atoms with Crippen LogP contribution >= 0.6 is 11.6 Å². The number of hydrogen-bond donors (Lipinski definition) is 1. The van der Waals surface area contributed by atoms with Crippen molar-refractivity contribution < 1.29 is 9.26 Å². The predicted octanol–water partition coefficient (Wildman–Crippen LogP) is 2.21. The Morgan fingerprint density at radius 2 is 2.40 bits per heavy atom. The standard InChI is InChI=1S/C10H11ClN2O2/c1-6(12)5-14-10-8-3-2-7(11)4-9(8)15-13-10/h2-4,6H,5,12H2,1H3. The van der Waals surface area contributed by atoms with Gasteiger partial charge in [0.15, 0.2) is 5.58 Å². The van der Waals surface area contributed by atoms with Gasteiger partial charge in [0.2, 0.25) is 0 Å². The molecule has 5 heteroatoms. The molecule has 0 spiro atoms. The van der Waals surface area contributed by atoms with Crippen LogP contribution < -0.4 is 10.5 Å². The first kappa shape index (κ1) is 10.3. The van der Waals surface area contributed by atoms with Gasteiger partial charge in [-0.25, -0.2) is 0 Å². The molecule has 0 amide bonds. The van der Waals surface area contributed by atoms with Gasteiger partial charge in [0.05, 0.1) is 5.39 Å². The van der Waals surface area contributed by atoms with Crippen LogP contribution in [0.1, 0.15) is 6.92 Å². The first-order valence-corrected chi connectivity index (χ1v) is 4.98. The Morgan fingerprint density at radius 1 is 1.60 bits per heavy atom. The fourth-order valence-electron chi connectivity index (χ4n) is 1.20. The maximum Gasteiger partial charge on any atom is 0.262 e. The molecule has 80 valence electrons. The largest absolute Gasteiger partial charge is 0.473 e. The smallest absolute Gasteiger partial charge is 0.262 e. The quantitative estimate of drug-likeness (QED) is 0.872. The number of halogens is 1. The van der Waals surface area contributed by atoms with Crippen LogP contribution in [0.3, 0.4) is 0 Å². The molecule has 0 saturated carbocycles. The van der Waals surface area contributed by atoms with Gasteiger partial charge >= 0.3 is 0 Å². The summed E-state index contributed by atoms with van der Waals surface area (Å²) in [4.78, 5) is 0. The highest BCUT2D eigenvalue weighted by atomic mass is 35.5. The van der Waals surface area contributed by atoms with Crippen molar-refractivity contribution in [1.82, 2.24) is 5.16 Å². The minimum Gasteiger partial charge on any atom is -0.473 e. The van der Waals surface area contributed by atoms with Crippen molar-refractivity contribution in [2.75, 3.05) is 6.61 Å². The third kappa shape index (κ3) is 2.22. The van der Waals surface area contributed by atoms with Crippen LogP contribution in [0.15, 0.2) is 22.7 Å². The molecule has 1 heterocycles. The molecule has 0 bridgehead atoms. The predicted molar refractivity (Wildman–Crippen MR) is 58.2 cm³/mol. The molecular weight excluding hydrogens is 216 g/mol. The summed E-state index contributed by atoms with van der Waals surface area (Å²) >= 11 is 5.81. The Bertz CT molecular complexity index is 467. The summed E-state index contributed by atoms with van der Waals surface area (Å²) in [7, 11) is 0. The Hall–Kier alpha value is -1.26. The maximum absolute atomic E-state index is 5.81. The van der Waals surface area contributed by atoms with Crippen molar-refractivity contribution in [3.63, 3.8) is 0 Å². The van der Waals surface area contributed by atoms with E-state index < -0.39 is 0 Å². The van der Waals surface area contributed by atoms with E-state index in [0.29, 0.717) is 23.1 Å². The lowest BCUT2D eigenvalue weighted by atomic mass is 10.2. The lowest BCUT2D eigenvalue weighted by Gasteiger charge is -2.04. The van der Waals surface area contributed by atoms with Crippen molar-refractivity contribution in [2.45, 2.75) is 13.0 Å². The molecule has 0 aliphatic rings. The van der Waals surface area contributed by atoms with E-state index in [-0.39, 0.29) is 6.04 Å². The van der Waals surface area contributed by atoms with E-state index in [1.54, 1.807) is 12.1 Å². The molecule has 0 fully saturated rings. The van der Waals surface area contributed by atoms with Crippen LogP contribution in [0.5, 0.6) is 5.88 Å². The number of nitrogens with zero attached hydrogens (tertiary/aromatic N) is 1. The van der Waals surface area contributed by atoms with Crippen molar-refractivity contribution in [3.8, 4) is 5.88 Å². The number of benzene rings is 1. The summed E-state index contributed by atoms with van der Waals surface area (Å²) in [6.45, 7) is 2.27. The molecule has 0 aliphatic carbocycles. The molecule has 1 unspecified atom stereocenters. The van der Waals surface area contributed by atoms with E-state index in [0.717, 1.165) is 5.39 Å². The highest BCUT2D eigenvalue weighted by Crippen LogP contribution is 2.27. The number of ether oxygens (including phenoxy) is 1. The first-order valence-electron chi connectivity index (χ1n) is 4.60. The van der Waals surface area contributed by atoms with Crippen LogP contribution in [0, 0.1) is 0 Å². The third-order valence-corrected chi connectivity index (χ3v) is 2.12. The molecule has 0 saturated heterocycles. The summed E-state index contributed by atoms with van der Waals surface area (Å²) in [5, 5.41) is 5.21. The van der Waals surface area contributed by atoms with Gasteiger partial charge in [-0.2, -0.15) is 0 Å². The highest BCUT2D eigenvalue weighted by Gasteiger charge is 2.09. The number of rotatable bonds is 3. The number of aromatic nitrogens is 1. The van der Waals surface area contributed by atoms with Crippen LogP contribution in [-0.2, 0) is 0 Å². The molecule has 2 aromatic rings. The summed E-state index contributed by atoms with van der Waals surface area (Å²) in [6, 6.07) is 5.23. The summed E-state index contributed by atoms with van der Waals surface area (Å²) < 4.78 is 10.4. The molecule has 0 aliphatic heterocycles. The average molecular weight is 227 g/mol. The maximum atomic E-state index is 5.81. The average Bonchev–Trinajstić information content (AvgIpc) is 2.57. The SMILES string of the molecule is CC(N)COc1noc2cc(Cl)ccc12. The Morgan fingerprint density at radius 3 is 3.13 bits per heavy atom. The Balaban J connectivity index is 2.29. The summed E-state index contributed by atoms with van der Waals surface area (Å²) in [5.74, 6) is 0.457. The van der Waals surface area contributed by atoms with Gasteiger partial charge in [-0.05, 0) is 24.2 Å². The van der Waals surface area contributed by atoms with Gasteiger partial charge in [-0.3, -0.25) is 0 Å². The normalized spacial score (nSPS) is 13.0.